The Hall–Kier alpha value is -1.55. The third kappa shape index (κ3) is 2.17. The number of hydrogen-bond acceptors (Lipinski definition) is 3. The Balaban J connectivity index is 2.28. The minimum absolute atomic E-state index is 0.861. The fraction of sp³-hybridized carbons (Fsp3) is 0.417. The molecule has 16 heavy (non-hydrogen) atoms. The number of fused-ring (bicyclic) bond motifs is 1. The summed E-state index contributed by atoms with van der Waals surface area (Å²) in [4.78, 5) is 0. The van der Waals surface area contributed by atoms with E-state index in [1.807, 2.05) is 24.9 Å². The maximum atomic E-state index is 4.25. The van der Waals surface area contributed by atoms with Gasteiger partial charge in [0.2, 0.25) is 0 Å². The number of nitrogens with one attached hydrogen (secondary N) is 2. The molecular formula is C12H18N4. The van der Waals surface area contributed by atoms with Crippen LogP contribution in [0.3, 0.4) is 0 Å². The molecule has 4 nitrogen and oxygen atoms in total. The lowest BCUT2D eigenvalue weighted by atomic mass is 10.2. The van der Waals surface area contributed by atoms with Crippen LogP contribution in [0.2, 0.25) is 0 Å². The first-order chi connectivity index (χ1) is 7.70. The molecule has 1 aromatic heterocycles. The summed E-state index contributed by atoms with van der Waals surface area (Å²) in [6.45, 7) is 5.87. The Labute approximate surface area is 96.0 Å². The van der Waals surface area contributed by atoms with Gasteiger partial charge in [-0.2, -0.15) is 5.10 Å². The lowest BCUT2D eigenvalue weighted by molar-refractivity contribution is 0.752. The number of nitrogens with zero attached hydrogens (tertiary/aromatic N) is 2. The van der Waals surface area contributed by atoms with Crippen LogP contribution >= 0.6 is 0 Å². The van der Waals surface area contributed by atoms with Gasteiger partial charge in [0.1, 0.15) is 5.82 Å². The smallest absolute Gasteiger partial charge is 0.132 e. The van der Waals surface area contributed by atoms with Gasteiger partial charge in [-0.3, -0.25) is 4.68 Å². The maximum Gasteiger partial charge on any atom is 0.132 e. The number of aromatic nitrogens is 2. The monoisotopic (exact) mass is 218 g/mol. The molecule has 1 aliphatic heterocycles. The van der Waals surface area contributed by atoms with Crippen molar-refractivity contribution in [1.82, 2.24) is 15.1 Å². The van der Waals surface area contributed by atoms with Crippen LogP contribution in [0.4, 0.5) is 5.82 Å². The van der Waals surface area contributed by atoms with E-state index in [0.29, 0.717) is 0 Å². The molecule has 0 amide bonds. The van der Waals surface area contributed by atoms with Crippen LogP contribution in [0.25, 0.3) is 0 Å². The van der Waals surface area contributed by atoms with E-state index in [4.69, 9.17) is 0 Å². The molecule has 0 saturated carbocycles. The van der Waals surface area contributed by atoms with Crippen molar-refractivity contribution in [3.8, 4) is 0 Å². The fourth-order valence-corrected chi connectivity index (χ4v) is 1.75. The van der Waals surface area contributed by atoms with Gasteiger partial charge in [0.25, 0.3) is 0 Å². The van der Waals surface area contributed by atoms with Crippen molar-refractivity contribution in [3.63, 3.8) is 0 Å². The second kappa shape index (κ2) is 4.53. The normalized spacial score (nSPS) is 19.2. The third-order valence-electron chi connectivity index (χ3n) is 2.78. The van der Waals surface area contributed by atoms with Crippen molar-refractivity contribution in [2.24, 2.45) is 7.05 Å². The van der Waals surface area contributed by atoms with Crippen molar-refractivity contribution in [2.45, 2.75) is 20.4 Å². The molecule has 0 radical (unpaired) electrons. The Morgan fingerprint density at radius 2 is 2.31 bits per heavy atom. The predicted octanol–water partition coefficient (Wildman–Crippen LogP) is 1.79. The summed E-state index contributed by atoms with van der Waals surface area (Å²) in [5.41, 5.74) is 3.65. The molecule has 0 aromatic carbocycles. The van der Waals surface area contributed by atoms with E-state index in [1.54, 1.807) is 0 Å². The molecule has 0 fully saturated rings. The van der Waals surface area contributed by atoms with Gasteiger partial charge in [-0.1, -0.05) is 11.6 Å². The van der Waals surface area contributed by atoms with Gasteiger partial charge >= 0.3 is 0 Å². The van der Waals surface area contributed by atoms with Gasteiger partial charge < -0.3 is 10.6 Å². The second-order valence-corrected chi connectivity index (χ2v) is 4.07. The molecule has 2 heterocycles. The first-order valence-electron chi connectivity index (χ1n) is 5.53. The molecule has 2 rings (SSSR count). The van der Waals surface area contributed by atoms with Crippen molar-refractivity contribution >= 4 is 5.82 Å². The first kappa shape index (κ1) is 11.0. The zero-order valence-corrected chi connectivity index (χ0v) is 10.0. The van der Waals surface area contributed by atoms with Gasteiger partial charge in [0, 0.05) is 31.4 Å². The molecule has 0 unspecified atom stereocenters. The Morgan fingerprint density at radius 1 is 1.50 bits per heavy atom. The number of allylic oxidation sites excluding steroid dienone is 3. The molecule has 1 aliphatic rings. The zero-order valence-electron chi connectivity index (χ0n) is 10.0. The van der Waals surface area contributed by atoms with Crippen LogP contribution < -0.4 is 10.6 Å². The summed E-state index contributed by atoms with van der Waals surface area (Å²) in [7, 11) is 1.96. The average Bonchev–Trinajstić information content (AvgIpc) is 2.52. The molecule has 86 valence electrons. The summed E-state index contributed by atoms with van der Waals surface area (Å²) in [6, 6.07) is 0. The molecule has 4 heteroatoms. The highest BCUT2D eigenvalue weighted by Crippen LogP contribution is 2.19. The summed E-state index contributed by atoms with van der Waals surface area (Å²) in [6.07, 6.45) is 6.17. The minimum atomic E-state index is 0.861. The van der Waals surface area contributed by atoms with Crippen LogP contribution in [-0.2, 0) is 13.6 Å². The summed E-state index contributed by atoms with van der Waals surface area (Å²) in [5.74, 6) is 1.08. The lowest BCUT2D eigenvalue weighted by Gasteiger charge is -2.08. The number of rotatable bonds is 1. The molecule has 0 saturated heterocycles. The molecular weight excluding hydrogens is 200 g/mol. The lowest BCUT2D eigenvalue weighted by Crippen LogP contribution is -2.16. The van der Waals surface area contributed by atoms with E-state index in [2.05, 4.69) is 34.8 Å². The predicted molar refractivity (Wildman–Crippen MR) is 66.1 cm³/mol. The van der Waals surface area contributed by atoms with Crippen molar-refractivity contribution in [2.75, 3.05) is 11.9 Å². The van der Waals surface area contributed by atoms with Crippen LogP contribution in [0.5, 0.6) is 0 Å². The Morgan fingerprint density at radius 3 is 3.06 bits per heavy atom. The molecule has 2 N–H and O–H groups in total. The topological polar surface area (TPSA) is 41.9 Å². The van der Waals surface area contributed by atoms with E-state index in [9.17, 15) is 0 Å². The van der Waals surface area contributed by atoms with Crippen molar-refractivity contribution < 1.29 is 0 Å². The SMILES string of the molecule is C/C=C(C)\C=C1/CNCc2cnn(C)c2N1. The minimum Gasteiger partial charge on any atom is -0.343 e. The standard InChI is InChI=1S/C12H18N4/c1-4-9(2)5-11-8-13-6-10-7-14-16(3)12(10)15-11/h4-5,7,13,15H,6,8H2,1-3H3/b9-4-,11-5+. The van der Waals surface area contributed by atoms with E-state index in [-0.39, 0.29) is 0 Å². The van der Waals surface area contributed by atoms with Gasteiger partial charge in [-0.25, -0.2) is 0 Å². The first-order valence-corrected chi connectivity index (χ1v) is 5.53. The van der Waals surface area contributed by atoms with E-state index in [0.717, 1.165) is 18.9 Å². The Bertz CT molecular complexity index is 440. The van der Waals surface area contributed by atoms with Crippen LogP contribution in [0, 0.1) is 0 Å². The van der Waals surface area contributed by atoms with Gasteiger partial charge in [-0.05, 0) is 19.9 Å². The maximum absolute atomic E-state index is 4.25. The quantitative estimate of drug-likeness (QED) is 0.755. The van der Waals surface area contributed by atoms with E-state index >= 15 is 0 Å². The summed E-state index contributed by atoms with van der Waals surface area (Å²) in [5, 5.41) is 11.1. The molecule has 0 atom stereocenters. The molecule has 0 spiro atoms. The van der Waals surface area contributed by atoms with E-state index < -0.39 is 0 Å². The fourth-order valence-electron chi connectivity index (χ4n) is 1.75. The van der Waals surface area contributed by atoms with Crippen LogP contribution in [-0.4, -0.2) is 16.3 Å². The van der Waals surface area contributed by atoms with E-state index in [1.165, 1.54) is 16.8 Å². The average molecular weight is 218 g/mol. The third-order valence-corrected chi connectivity index (χ3v) is 2.78. The molecule has 1 aromatic rings. The van der Waals surface area contributed by atoms with Gasteiger partial charge in [0.15, 0.2) is 0 Å². The molecule has 0 aliphatic carbocycles. The van der Waals surface area contributed by atoms with Gasteiger partial charge in [0.05, 0.1) is 6.20 Å². The highest BCUT2D eigenvalue weighted by Gasteiger charge is 2.13. The highest BCUT2D eigenvalue weighted by molar-refractivity contribution is 5.51. The van der Waals surface area contributed by atoms with Gasteiger partial charge in [-0.15, -0.1) is 0 Å². The van der Waals surface area contributed by atoms with Crippen molar-refractivity contribution in [3.05, 3.63) is 35.2 Å². The number of hydrogen-bond donors (Lipinski definition) is 2. The molecule has 0 bridgehead atoms. The van der Waals surface area contributed by atoms with Crippen LogP contribution in [0.15, 0.2) is 29.6 Å². The zero-order chi connectivity index (χ0) is 11.5. The summed E-state index contributed by atoms with van der Waals surface area (Å²) < 4.78 is 1.88. The highest BCUT2D eigenvalue weighted by atomic mass is 15.3. The largest absolute Gasteiger partial charge is 0.343 e. The second-order valence-electron chi connectivity index (χ2n) is 4.07. The van der Waals surface area contributed by atoms with Crippen LogP contribution in [0.1, 0.15) is 19.4 Å². The number of anilines is 1. The number of aryl methyl sites for hydroxylation is 1. The summed E-state index contributed by atoms with van der Waals surface area (Å²) >= 11 is 0. The Kier molecular flexibility index (Phi) is 3.10. The van der Waals surface area contributed by atoms with Crippen molar-refractivity contribution in [1.29, 1.82) is 0 Å².